The standard InChI is InChI=1S/C13H27O4P/c1-10(2)15-12-7-6-8-13(9-12)17-18(5,14)16-11(3)4/h10-13H,6-9H2,1-5H3. The van der Waals surface area contributed by atoms with Gasteiger partial charge in [-0.2, -0.15) is 0 Å². The average molecular weight is 278 g/mol. The minimum atomic E-state index is -2.93. The molecule has 0 spiro atoms. The van der Waals surface area contributed by atoms with Gasteiger partial charge in [0.15, 0.2) is 0 Å². The van der Waals surface area contributed by atoms with E-state index in [9.17, 15) is 4.57 Å². The van der Waals surface area contributed by atoms with E-state index in [2.05, 4.69) is 0 Å². The van der Waals surface area contributed by atoms with Crippen LogP contribution in [-0.4, -0.2) is 31.1 Å². The predicted molar refractivity (Wildman–Crippen MR) is 73.1 cm³/mol. The van der Waals surface area contributed by atoms with Gasteiger partial charge in [0.2, 0.25) is 0 Å². The van der Waals surface area contributed by atoms with Gasteiger partial charge in [0, 0.05) is 13.1 Å². The van der Waals surface area contributed by atoms with E-state index in [-0.39, 0.29) is 24.4 Å². The quantitative estimate of drug-likeness (QED) is 0.689. The third kappa shape index (κ3) is 6.33. The van der Waals surface area contributed by atoms with E-state index in [0.29, 0.717) is 0 Å². The minimum Gasteiger partial charge on any atom is -0.375 e. The van der Waals surface area contributed by atoms with Crippen LogP contribution in [-0.2, 0) is 18.3 Å². The first kappa shape index (κ1) is 16.2. The highest BCUT2D eigenvalue weighted by atomic mass is 31.2. The zero-order valence-electron chi connectivity index (χ0n) is 12.2. The van der Waals surface area contributed by atoms with Crippen molar-refractivity contribution in [3.05, 3.63) is 0 Å². The van der Waals surface area contributed by atoms with Gasteiger partial charge in [-0.3, -0.25) is 4.57 Å². The Labute approximate surface area is 111 Å². The summed E-state index contributed by atoms with van der Waals surface area (Å²) in [6.45, 7) is 9.37. The lowest BCUT2D eigenvalue weighted by Crippen LogP contribution is -2.29. The summed E-state index contributed by atoms with van der Waals surface area (Å²) in [5.74, 6) is 0. The number of ether oxygens (including phenoxy) is 1. The first-order chi connectivity index (χ1) is 8.28. The molecule has 0 bridgehead atoms. The van der Waals surface area contributed by atoms with Crippen molar-refractivity contribution in [1.29, 1.82) is 0 Å². The lowest BCUT2D eigenvalue weighted by Gasteiger charge is -2.32. The highest BCUT2D eigenvalue weighted by Crippen LogP contribution is 2.48. The molecule has 0 aliphatic heterocycles. The Morgan fingerprint density at radius 2 is 1.67 bits per heavy atom. The molecule has 1 aliphatic rings. The van der Waals surface area contributed by atoms with Gasteiger partial charge < -0.3 is 13.8 Å². The van der Waals surface area contributed by atoms with Crippen LogP contribution >= 0.6 is 7.60 Å². The fourth-order valence-corrected chi connectivity index (χ4v) is 3.93. The third-order valence-corrected chi connectivity index (χ3v) is 4.27. The molecule has 0 heterocycles. The van der Waals surface area contributed by atoms with Gasteiger partial charge in [-0.1, -0.05) is 0 Å². The second kappa shape index (κ2) is 7.04. The summed E-state index contributed by atoms with van der Waals surface area (Å²) in [6.07, 6.45) is 4.26. The van der Waals surface area contributed by atoms with Gasteiger partial charge in [0.1, 0.15) is 0 Å². The fraction of sp³-hybridized carbons (Fsp3) is 1.00. The second-order valence-electron chi connectivity index (χ2n) is 5.63. The van der Waals surface area contributed by atoms with Crippen LogP contribution < -0.4 is 0 Å². The van der Waals surface area contributed by atoms with E-state index in [1.54, 1.807) is 6.66 Å². The molecule has 4 nitrogen and oxygen atoms in total. The van der Waals surface area contributed by atoms with E-state index in [4.69, 9.17) is 13.8 Å². The van der Waals surface area contributed by atoms with Gasteiger partial charge >= 0.3 is 7.60 Å². The van der Waals surface area contributed by atoms with Crippen molar-refractivity contribution in [3.8, 4) is 0 Å². The summed E-state index contributed by atoms with van der Waals surface area (Å²) in [5.41, 5.74) is 0. The molecule has 1 rings (SSSR count). The van der Waals surface area contributed by atoms with Crippen LogP contribution in [0.3, 0.4) is 0 Å². The second-order valence-corrected chi connectivity index (χ2v) is 7.59. The third-order valence-electron chi connectivity index (χ3n) is 2.79. The molecule has 5 heteroatoms. The minimum absolute atomic E-state index is 0.00270. The van der Waals surface area contributed by atoms with Gasteiger partial charge in [-0.15, -0.1) is 0 Å². The lowest BCUT2D eigenvalue weighted by molar-refractivity contribution is -0.0403. The summed E-state index contributed by atoms with van der Waals surface area (Å²) in [5, 5.41) is 0. The molecule has 0 aromatic rings. The average Bonchev–Trinajstić information content (AvgIpc) is 2.13. The summed E-state index contributed by atoms with van der Waals surface area (Å²) < 4.78 is 28.9. The van der Waals surface area contributed by atoms with Crippen molar-refractivity contribution in [3.63, 3.8) is 0 Å². The van der Waals surface area contributed by atoms with Crippen LogP contribution in [0, 0.1) is 0 Å². The molecule has 108 valence electrons. The number of hydrogen-bond donors (Lipinski definition) is 0. The van der Waals surface area contributed by atoms with Crippen molar-refractivity contribution in [2.75, 3.05) is 6.66 Å². The first-order valence-corrected chi connectivity index (χ1v) is 8.87. The Bertz CT molecular complexity index is 291. The molecule has 1 saturated carbocycles. The smallest absolute Gasteiger partial charge is 0.328 e. The summed E-state index contributed by atoms with van der Waals surface area (Å²) in [4.78, 5) is 0. The molecule has 1 fully saturated rings. The monoisotopic (exact) mass is 278 g/mol. The SMILES string of the molecule is CC(C)OC1CCCC(OP(C)(=O)OC(C)C)C1. The predicted octanol–water partition coefficient (Wildman–Crippen LogP) is 3.99. The largest absolute Gasteiger partial charge is 0.375 e. The van der Waals surface area contributed by atoms with Crippen LogP contribution in [0.4, 0.5) is 0 Å². The Morgan fingerprint density at radius 3 is 2.22 bits per heavy atom. The highest BCUT2D eigenvalue weighted by molar-refractivity contribution is 7.53. The Hall–Kier alpha value is 0.110. The molecular weight excluding hydrogens is 251 g/mol. The van der Waals surface area contributed by atoms with Crippen LogP contribution in [0.15, 0.2) is 0 Å². The van der Waals surface area contributed by atoms with Gasteiger partial charge in [0.05, 0.1) is 24.4 Å². The van der Waals surface area contributed by atoms with Crippen LogP contribution in [0.2, 0.25) is 0 Å². The Kier molecular flexibility index (Phi) is 6.32. The number of rotatable bonds is 6. The van der Waals surface area contributed by atoms with Gasteiger partial charge in [0.25, 0.3) is 0 Å². The first-order valence-electron chi connectivity index (χ1n) is 6.88. The topological polar surface area (TPSA) is 44.8 Å². The van der Waals surface area contributed by atoms with Crippen molar-refractivity contribution in [2.24, 2.45) is 0 Å². The van der Waals surface area contributed by atoms with E-state index in [0.717, 1.165) is 25.7 Å². The normalized spacial score (nSPS) is 28.6. The van der Waals surface area contributed by atoms with E-state index in [1.165, 1.54) is 0 Å². The maximum atomic E-state index is 12.1. The molecule has 3 unspecified atom stereocenters. The van der Waals surface area contributed by atoms with E-state index < -0.39 is 7.60 Å². The molecular formula is C13H27O4P. The maximum absolute atomic E-state index is 12.1. The van der Waals surface area contributed by atoms with Crippen LogP contribution in [0.1, 0.15) is 53.4 Å². The Morgan fingerprint density at radius 1 is 1.06 bits per heavy atom. The molecule has 18 heavy (non-hydrogen) atoms. The molecule has 0 aromatic heterocycles. The van der Waals surface area contributed by atoms with E-state index in [1.807, 2.05) is 27.7 Å². The molecule has 0 saturated heterocycles. The zero-order valence-corrected chi connectivity index (χ0v) is 13.1. The lowest BCUT2D eigenvalue weighted by atomic mass is 9.95. The Balaban J connectivity index is 2.44. The summed E-state index contributed by atoms with van der Waals surface area (Å²) in [6, 6.07) is 0. The van der Waals surface area contributed by atoms with Gasteiger partial charge in [-0.25, -0.2) is 0 Å². The molecule has 3 atom stereocenters. The van der Waals surface area contributed by atoms with Crippen LogP contribution in [0.5, 0.6) is 0 Å². The van der Waals surface area contributed by atoms with Crippen molar-refractivity contribution < 1.29 is 18.3 Å². The highest BCUT2D eigenvalue weighted by Gasteiger charge is 2.30. The molecule has 0 amide bonds. The van der Waals surface area contributed by atoms with Crippen molar-refractivity contribution in [1.82, 2.24) is 0 Å². The van der Waals surface area contributed by atoms with Crippen molar-refractivity contribution in [2.45, 2.75) is 77.8 Å². The molecule has 0 radical (unpaired) electrons. The maximum Gasteiger partial charge on any atom is 0.328 e. The van der Waals surface area contributed by atoms with Crippen molar-refractivity contribution >= 4 is 7.60 Å². The molecule has 0 N–H and O–H groups in total. The molecule has 1 aliphatic carbocycles. The number of hydrogen-bond acceptors (Lipinski definition) is 4. The summed E-state index contributed by atoms with van der Waals surface area (Å²) in [7, 11) is -2.93. The zero-order chi connectivity index (χ0) is 13.8. The van der Waals surface area contributed by atoms with E-state index >= 15 is 0 Å². The fourth-order valence-electron chi connectivity index (χ4n) is 2.38. The van der Waals surface area contributed by atoms with Gasteiger partial charge in [-0.05, 0) is 47.0 Å². The molecule has 0 aromatic carbocycles. The van der Waals surface area contributed by atoms with Crippen LogP contribution in [0.25, 0.3) is 0 Å². The summed E-state index contributed by atoms with van der Waals surface area (Å²) >= 11 is 0.